The van der Waals surface area contributed by atoms with Crippen molar-refractivity contribution in [2.24, 2.45) is 5.92 Å². The van der Waals surface area contributed by atoms with Gasteiger partial charge in [0.15, 0.2) is 0 Å². The molecule has 0 amide bonds. The summed E-state index contributed by atoms with van der Waals surface area (Å²) < 4.78 is 5.34. The van der Waals surface area contributed by atoms with Crippen LogP contribution >= 0.6 is 0 Å². The molecule has 0 aromatic rings. The summed E-state index contributed by atoms with van der Waals surface area (Å²) in [5, 5.41) is 3.61. The van der Waals surface area contributed by atoms with Gasteiger partial charge in [-0.05, 0) is 39.3 Å². The fraction of sp³-hybridized carbons (Fsp3) is 1.00. The van der Waals surface area contributed by atoms with Gasteiger partial charge in [-0.25, -0.2) is 0 Å². The minimum absolute atomic E-state index is 0.621. The quantitative estimate of drug-likeness (QED) is 0.722. The lowest BCUT2D eigenvalue weighted by atomic mass is 10.1. The van der Waals surface area contributed by atoms with Crippen LogP contribution in [0.4, 0.5) is 0 Å². The number of hydrogen-bond acceptors (Lipinski definition) is 3. The summed E-state index contributed by atoms with van der Waals surface area (Å²) in [6, 6.07) is 1.39. The second kappa shape index (κ2) is 4.60. The highest BCUT2D eigenvalue weighted by molar-refractivity contribution is 4.83. The number of nitrogens with zero attached hydrogens (tertiary/aromatic N) is 1. The summed E-state index contributed by atoms with van der Waals surface area (Å²) in [5.74, 6) is 0.843. The van der Waals surface area contributed by atoms with Gasteiger partial charge in [0.1, 0.15) is 0 Å². The van der Waals surface area contributed by atoms with Gasteiger partial charge in [0, 0.05) is 25.2 Å². The van der Waals surface area contributed by atoms with Gasteiger partial charge in [0.25, 0.3) is 0 Å². The third-order valence-electron chi connectivity index (χ3n) is 3.60. The molecule has 2 aliphatic heterocycles. The first-order chi connectivity index (χ1) is 6.75. The highest BCUT2D eigenvalue weighted by atomic mass is 16.5. The van der Waals surface area contributed by atoms with Gasteiger partial charge in [-0.2, -0.15) is 0 Å². The van der Waals surface area contributed by atoms with Crippen molar-refractivity contribution in [1.82, 2.24) is 10.2 Å². The molecule has 2 saturated heterocycles. The molecule has 0 spiro atoms. The molecule has 14 heavy (non-hydrogen) atoms. The van der Waals surface area contributed by atoms with Crippen LogP contribution in [-0.4, -0.2) is 50.3 Å². The van der Waals surface area contributed by atoms with E-state index < -0.39 is 0 Å². The SMILES string of the molecule is CC1CC(CNC2CCOC2)CN1C. The molecule has 0 aromatic heterocycles. The van der Waals surface area contributed by atoms with Gasteiger partial charge in [-0.15, -0.1) is 0 Å². The van der Waals surface area contributed by atoms with Crippen LogP contribution < -0.4 is 5.32 Å². The molecule has 3 nitrogen and oxygen atoms in total. The first-order valence-electron chi connectivity index (χ1n) is 5.77. The number of hydrogen-bond donors (Lipinski definition) is 1. The lowest BCUT2D eigenvalue weighted by Crippen LogP contribution is -2.34. The van der Waals surface area contributed by atoms with E-state index in [-0.39, 0.29) is 0 Å². The van der Waals surface area contributed by atoms with Gasteiger partial charge in [0.2, 0.25) is 0 Å². The Morgan fingerprint density at radius 3 is 2.93 bits per heavy atom. The van der Waals surface area contributed by atoms with Gasteiger partial charge < -0.3 is 15.0 Å². The smallest absolute Gasteiger partial charge is 0.0620 e. The summed E-state index contributed by atoms with van der Waals surface area (Å²) in [5.41, 5.74) is 0. The Morgan fingerprint density at radius 1 is 1.50 bits per heavy atom. The average Bonchev–Trinajstić information content (AvgIpc) is 2.74. The minimum atomic E-state index is 0.621. The Kier molecular flexibility index (Phi) is 3.42. The highest BCUT2D eigenvalue weighted by Gasteiger charge is 2.26. The van der Waals surface area contributed by atoms with Gasteiger partial charge in [0.05, 0.1) is 6.61 Å². The maximum absolute atomic E-state index is 5.34. The van der Waals surface area contributed by atoms with Crippen LogP contribution in [0.2, 0.25) is 0 Å². The molecular weight excluding hydrogens is 176 g/mol. The fourth-order valence-electron chi connectivity index (χ4n) is 2.50. The van der Waals surface area contributed by atoms with E-state index in [0.717, 1.165) is 25.2 Å². The average molecular weight is 198 g/mol. The first kappa shape index (κ1) is 10.4. The van der Waals surface area contributed by atoms with Crippen molar-refractivity contribution < 1.29 is 4.74 Å². The number of likely N-dealkylation sites (tertiary alicyclic amines) is 1. The van der Waals surface area contributed by atoms with Crippen molar-refractivity contribution in [3.05, 3.63) is 0 Å². The lowest BCUT2D eigenvalue weighted by Gasteiger charge is -2.15. The van der Waals surface area contributed by atoms with Crippen molar-refractivity contribution in [3.63, 3.8) is 0 Å². The third kappa shape index (κ3) is 2.47. The molecule has 82 valence electrons. The Bertz CT molecular complexity index is 170. The topological polar surface area (TPSA) is 24.5 Å². The van der Waals surface area contributed by atoms with E-state index in [1.165, 1.54) is 25.9 Å². The molecule has 2 rings (SSSR count). The summed E-state index contributed by atoms with van der Waals surface area (Å²) in [4.78, 5) is 2.46. The summed E-state index contributed by atoms with van der Waals surface area (Å²) >= 11 is 0. The predicted molar refractivity (Wildman–Crippen MR) is 57.4 cm³/mol. The molecule has 0 saturated carbocycles. The highest BCUT2D eigenvalue weighted by Crippen LogP contribution is 2.20. The molecule has 3 heteroatoms. The molecule has 2 heterocycles. The molecular formula is C11H22N2O. The second-order valence-electron chi connectivity index (χ2n) is 4.86. The zero-order valence-corrected chi connectivity index (χ0v) is 9.33. The van der Waals surface area contributed by atoms with Gasteiger partial charge in [-0.3, -0.25) is 0 Å². The standard InChI is InChI=1S/C11H22N2O/c1-9-5-10(7-13(9)2)6-12-11-3-4-14-8-11/h9-12H,3-8H2,1-2H3. The summed E-state index contributed by atoms with van der Waals surface area (Å²) in [6.07, 6.45) is 2.54. The van der Waals surface area contributed by atoms with Crippen molar-refractivity contribution >= 4 is 0 Å². The van der Waals surface area contributed by atoms with E-state index in [0.29, 0.717) is 6.04 Å². The summed E-state index contributed by atoms with van der Waals surface area (Å²) in [7, 11) is 2.23. The maximum Gasteiger partial charge on any atom is 0.0620 e. The largest absolute Gasteiger partial charge is 0.380 e. The van der Waals surface area contributed by atoms with E-state index in [4.69, 9.17) is 4.74 Å². The molecule has 2 fully saturated rings. The molecule has 0 aromatic carbocycles. The molecule has 2 aliphatic rings. The number of rotatable bonds is 3. The van der Waals surface area contributed by atoms with E-state index in [9.17, 15) is 0 Å². The van der Waals surface area contributed by atoms with Crippen LogP contribution in [0.5, 0.6) is 0 Å². The Balaban J connectivity index is 1.66. The van der Waals surface area contributed by atoms with E-state index in [1.807, 2.05) is 0 Å². The number of nitrogens with one attached hydrogen (secondary N) is 1. The van der Waals surface area contributed by atoms with Crippen LogP contribution in [0, 0.1) is 5.92 Å². The molecule has 3 atom stereocenters. The lowest BCUT2D eigenvalue weighted by molar-refractivity contribution is 0.189. The van der Waals surface area contributed by atoms with Crippen molar-refractivity contribution in [2.45, 2.75) is 31.8 Å². The molecule has 0 radical (unpaired) electrons. The first-order valence-corrected chi connectivity index (χ1v) is 5.77. The van der Waals surface area contributed by atoms with Crippen LogP contribution in [0.1, 0.15) is 19.8 Å². The maximum atomic E-state index is 5.34. The predicted octanol–water partition coefficient (Wildman–Crippen LogP) is 0.705. The van der Waals surface area contributed by atoms with Crippen molar-refractivity contribution in [1.29, 1.82) is 0 Å². The normalized spacial score (nSPS) is 39.4. The molecule has 0 aliphatic carbocycles. The zero-order valence-electron chi connectivity index (χ0n) is 9.33. The minimum Gasteiger partial charge on any atom is -0.380 e. The van der Waals surface area contributed by atoms with Crippen molar-refractivity contribution in [3.8, 4) is 0 Å². The molecule has 1 N–H and O–H groups in total. The van der Waals surface area contributed by atoms with Crippen LogP contribution in [-0.2, 0) is 4.74 Å². The van der Waals surface area contributed by atoms with Crippen LogP contribution in [0.25, 0.3) is 0 Å². The van der Waals surface area contributed by atoms with Crippen LogP contribution in [0.3, 0.4) is 0 Å². The fourth-order valence-corrected chi connectivity index (χ4v) is 2.50. The Hall–Kier alpha value is -0.120. The van der Waals surface area contributed by atoms with E-state index in [2.05, 4.69) is 24.2 Å². The monoisotopic (exact) mass is 198 g/mol. The van der Waals surface area contributed by atoms with Crippen molar-refractivity contribution in [2.75, 3.05) is 33.4 Å². The molecule has 0 bridgehead atoms. The summed E-state index contributed by atoms with van der Waals surface area (Å²) in [6.45, 7) is 6.60. The number of ether oxygens (including phenoxy) is 1. The van der Waals surface area contributed by atoms with Crippen LogP contribution in [0.15, 0.2) is 0 Å². The molecule has 3 unspecified atom stereocenters. The second-order valence-corrected chi connectivity index (χ2v) is 4.86. The van der Waals surface area contributed by atoms with E-state index >= 15 is 0 Å². The van der Waals surface area contributed by atoms with Gasteiger partial charge in [-0.1, -0.05) is 0 Å². The Labute approximate surface area is 86.8 Å². The zero-order chi connectivity index (χ0) is 9.97. The van der Waals surface area contributed by atoms with E-state index in [1.54, 1.807) is 0 Å². The Morgan fingerprint density at radius 2 is 2.36 bits per heavy atom. The third-order valence-corrected chi connectivity index (χ3v) is 3.60. The van der Waals surface area contributed by atoms with Gasteiger partial charge >= 0.3 is 0 Å².